The van der Waals surface area contributed by atoms with Crippen molar-refractivity contribution in [1.82, 2.24) is 15.2 Å². The molecule has 2 aromatic rings. The number of piperazine rings is 1. The van der Waals surface area contributed by atoms with Gasteiger partial charge in [-0.2, -0.15) is 0 Å². The Labute approximate surface area is 182 Å². The van der Waals surface area contributed by atoms with Gasteiger partial charge >= 0.3 is 0 Å². The highest BCUT2D eigenvalue weighted by atomic mass is 127. The summed E-state index contributed by atoms with van der Waals surface area (Å²) >= 11 is 0. The van der Waals surface area contributed by atoms with E-state index in [2.05, 4.69) is 32.0 Å². The quantitative estimate of drug-likeness (QED) is 0.287. The summed E-state index contributed by atoms with van der Waals surface area (Å²) in [4.78, 5) is 13.6. The van der Waals surface area contributed by atoms with E-state index < -0.39 is 0 Å². The lowest BCUT2D eigenvalue weighted by Crippen LogP contribution is -2.52. The molecule has 2 heterocycles. The van der Waals surface area contributed by atoms with Gasteiger partial charge in [0.2, 0.25) is 0 Å². The third kappa shape index (κ3) is 6.50. The highest BCUT2D eigenvalue weighted by Crippen LogP contribution is 2.13. The van der Waals surface area contributed by atoms with E-state index in [4.69, 9.17) is 4.74 Å². The number of aliphatic imine (C=N–C) groups is 1. The van der Waals surface area contributed by atoms with Crippen LogP contribution in [0.2, 0.25) is 0 Å². The number of nitrogens with zero attached hydrogens (tertiary/aromatic N) is 4. The molecule has 0 saturated carbocycles. The largest absolute Gasteiger partial charge is 0.492 e. The molecule has 0 spiro atoms. The lowest BCUT2D eigenvalue weighted by atomic mass is 10.3. The number of guanidine groups is 1. The molecule has 0 amide bonds. The summed E-state index contributed by atoms with van der Waals surface area (Å²) in [6.45, 7) is 7.36. The van der Waals surface area contributed by atoms with Crippen molar-refractivity contribution in [2.45, 2.75) is 6.92 Å². The molecule has 1 fully saturated rings. The van der Waals surface area contributed by atoms with Crippen LogP contribution in [-0.4, -0.2) is 61.7 Å². The van der Waals surface area contributed by atoms with E-state index in [1.807, 2.05) is 24.4 Å². The van der Waals surface area contributed by atoms with E-state index in [0.717, 1.165) is 44.5 Å². The molecule has 1 aromatic heterocycles. The van der Waals surface area contributed by atoms with Crippen molar-refractivity contribution < 1.29 is 9.13 Å². The topological polar surface area (TPSA) is 53.0 Å². The lowest BCUT2D eigenvalue weighted by molar-refractivity contribution is 0.323. The first-order valence-corrected chi connectivity index (χ1v) is 9.34. The molecule has 0 radical (unpaired) electrons. The molecule has 28 heavy (non-hydrogen) atoms. The van der Waals surface area contributed by atoms with Crippen molar-refractivity contribution in [2.24, 2.45) is 4.99 Å². The normalized spacial score (nSPS) is 14.4. The minimum atomic E-state index is -0.296. The van der Waals surface area contributed by atoms with Crippen LogP contribution in [0.5, 0.6) is 5.75 Å². The zero-order chi connectivity index (χ0) is 18.9. The van der Waals surface area contributed by atoms with Crippen molar-refractivity contribution >= 4 is 35.8 Å². The van der Waals surface area contributed by atoms with Crippen molar-refractivity contribution in [3.63, 3.8) is 0 Å². The van der Waals surface area contributed by atoms with Gasteiger partial charge < -0.3 is 19.9 Å². The molecule has 1 aliphatic heterocycles. The number of benzene rings is 1. The number of ether oxygens (including phenoxy) is 1. The number of hydrogen-bond acceptors (Lipinski definition) is 4. The van der Waals surface area contributed by atoms with Gasteiger partial charge in [0.25, 0.3) is 0 Å². The van der Waals surface area contributed by atoms with Crippen molar-refractivity contribution in [3.05, 3.63) is 54.5 Å². The minimum absolute atomic E-state index is 0. The van der Waals surface area contributed by atoms with E-state index in [-0.39, 0.29) is 29.8 Å². The molecule has 1 N–H and O–H groups in total. The molecule has 3 rings (SSSR count). The van der Waals surface area contributed by atoms with Crippen LogP contribution >= 0.6 is 24.0 Å². The van der Waals surface area contributed by atoms with Crippen LogP contribution in [0.3, 0.4) is 0 Å². The molecule has 6 nitrogen and oxygen atoms in total. The first-order valence-electron chi connectivity index (χ1n) is 9.34. The molecule has 0 aliphatic carbocycles. The molecule has 0 atom stereocenters. The zero-order valence-corrected chi connectivity index (χ0v) is 18.4. The van der Waals surface area contributed by atoms with Gasteiger partial charge in [-0.3, -0.25) is 0 Å². The first kappa shape index (κ1) is 22.2. The lowest BCUT2D eigenvalue weighted by Gasteiger charge is -2.37. The number of anilines is 1. The fourth-order valence-electron chi connectivity index (χ4n) is 2.99. The maximum Gasteiger partial charge on any atom is 0.194 e. The Hall–Kier alpha value is -2.10. The molecule has 1 aliphatic rings. The summed E-state index contributed by atoms with van der Waals surface area (Å²) in [6, 6.07) is 12.2. The highest BCUT2D eigenvalue weighted by Gasteiger charge is 2.20. The van der Waals surface area contributed by atoms with Crippen LogP contribution in [0.25, 0.3) is 0 Å². The summed E-state index contributed by atoms with van der Waals surface area (Å²) in [5.41, 5.74) is 0. The van der Waals surface area contributed by atoms with Crippen molar-refractivity contribution in [2.75, 3.05) is 50.8 Å². The predicted molar refractivity (Wildman–Crippen MR) is 121 cm³/mol. The van der Waals surface area contributed by atoms with Crippen molar-refractivity contribution in [3.8, 4) is 5.75 Å². The molecule has 152 valence electrons. The Morgan fingerprint density at radius 3 is 2.68 bits per heavy atom. The van der Waals surface area contributed by atoms with Gasteiger partial charge in [-0.15, -0.1) is 24.0 Å². The molecule has 0 unspecified atom stereocenters. The minimum Gasteiger partial charge on any atom is -0.492 e. The molecule has 0 bridgehead atoms. The second-order valence-corrected chi connectivity index (χ2v) is 6.20. The number of rotatable bonds is 6. The Bertz CT molecular complexity index is 738. The number of nitrogens with one attached hydrogen (secondary N) is 1. The van der Waals surface area contributed by atoms with Gasteiger partial charge in [-0.1, -0.05) is 12.1 Å². The van der Waals surface area contributed by atoms with Crippen LogP contribution < -0.4 is 15.0 Å². The predicted octanol–water partition coefficient (Wildman–Crippen LogP) is 3.01. The average Bonchev–Trinajstić information content (AvgIpc) is 2.71. The molecular formula is C20H27FIN5O. The maximum atomic E-state index is 13.2. The van der Waals surface area contributed by atoms with E-state index in [1.165, 1.54) is 12.1 Å². The fraction of sp³-hybridized carbons (Fsp3) is 0.400. The molecular weight excluding hydrogens is 472 g/mol. The zero-order valence-electron chi connectivity index (χ0n) is 16.1. The number of aromatic nitrogens is 1. The van der Waals surface area contributed by atoms with Gasteiger partial charge in [0.1, 0.15) is 24.0 Å². The van der Waals surface area contributed by atoms with Gasteiger partial charge in [0.15, 0.2) is 5.96 Å². The van der Waals surface area contributed by atoms with Gasteiger partial charge in [0.05, 0.1) is 6.54 Å². The molecule has 1 aromatic carbocycles. The van der Waals surface area contributed by atoms with Crippen LogP contribution in [-0.2, 0) is 0 Å². The van der Waals surface area contributed by atoms with E-state index in [1.54, 1.807) is 12.1 Å². The summed E-state index contributed by atoms with van der Waals surface area (Å²) in [5, 5.41) is 3.34. The van der Waals surface area contributed by atoms with Crippen LogP contribution in [0.15, 0.2) is 53.7 Å². The van der Waals surface area contributed by atoms with Crippen LogP contribution in [0.1, 0.15) is 6.92 Å². The smallest absolute Gasteiger partial charge is 0.194 e. The third-order valence-corrected chi connectivity index (χ3v) is 4.31. The highest BCUT2D eigenvalue weighted by molar-refractivity contribution is 14.0. The Morgan fingerprint density at radius 2 is 2.00 bits per heavy atom. The van der Waals surface area contributed by atoms with Gasteiger partial charge in [-0.05, 0) is 31.2 Å². The Balaban J connectivity index is 0.00000280. The first-order chi connectivity index (χ1) is 13.3. The maximum absolute atomic E-state index is 13.2. The standard InChI is InChI=1S/C20H26FN5O.HI/c1-2-22-20(24-10-15-27-18-7-5-6-17(21)16-18)26-13-11-25(12-14-26)19-8-3-4-9-23-19;/h3-9,16H,2,10-15H2,1H3,(H,22,24);1H. The monoisotopic (exact) mass is 499 g/mol. The van der Waals surface area contributed by atoms with Gasteiger partial charge in [0, 0.05) is 45.0 Å². The number of pyridine rings is 1. The van der Waals surface area contributed by atoms with Crippen LogP contribution in [0, 0.1) is 5.82 Å². The fourth-order valence-corrected chi connectivity index (χ4v) is 2.99. The van der Waals surface area contributed by atoms with E-state index >= 15 is 0 Å². The average molecular weight is 499 g/mol. The summed E-state index contributed by atoms with van der Waals surface area (Å²) in [6.07, 6.45) is 1.83. The summed E-state index contributed by atoms with van der Waals surface area (Å²) in [5.74, 6) is 2.14. The Morgan fingerprint density at radius 1 is 1.18 bits per heavy atom. The van der Waals surface area contributed by atoms with E-state index in [0.29, 0.717) is 18.9 Å². The van der Waals surface area contributed by atoms with Gasteiger partial charge in [-0.25, -0.2) is 14.4 Å². The van der Waals surface area contributed by atoms with E-state index in [9.17, 15) is 4.39 Å². The van der Waals surface area contributed by atoms with Crippen LogP contribution in [0.4, 0.5) is 10.2 Å². The SMILES string of the molecule is CCNC(=NCCOc1cccc(F)c1)N1CCN(c2ccccn2)CC1.I. The molecule has 1 saturated heterocycles. The number of hydrogen-bond donors (Lipinski definition) is 1. The summed E-state index contributed by atoms with van der Waals surface area (Å²) < 4.78 is 18.7. The second-order valence-electron chi connectivity index (χ2n) is 6.20. The molecule has 8 heteroatoms. The Kier molecular flexibility index (Phi) is 9.26. The third-order valence-electron chi connectivity index (χ3n) is 4.31. The van der Waals surface area contributed by atoms with Crippen molar-refractivity contribution in [1.29, 1.82) is 0 Å². The second kappa shape index (κ2) is 11.7. The summed E-state index contributed by atoms with van der Waals surface area (Å²) in [7, 11) is 0. The number of halogens is 2.